The highest BCUT2D eigenvalue weighted by molar-refractivity contribution is 7.89. The lowest BCUT2D eigenvalue weighted by Crippen LogP contribution is -2.35. The van der Waals surface area contributed by atoms with Crippen LogP contribution in [0.3, 0.4) is 0 Å². The molecule has 124 valence electrons. The van der Waals surface area contributed by atoms with Crippen LogP contribution in [-0.4, -0.2) is 42.2 Å². The van der Waals surface area contributed by atoms with Crippen LogP contribution < -0.4 is 4.74 Å². The van der Waals surface area contributed by atoms with E-state index in [-0.39, 0.29) is 12.4 Å². The van der Waals surface area contributed by atoms with Crippen LogP contribution in [0.5, 0.6) is 5.88 Å². The van der Waals surface area contributed by atoms with Gasteiger partial charge in [-0.05, 0) is 26.3 Å². The van der Waals surface area contributed by atoms with Gasteiger partial charge in [0.2, 0.25) is 15.9 Å². The summed E-state index contributed by atoms with van der Waals surface area (Å²) in [6.07, 6.45) is -3.52. The van der Waals surface area contributed by atoms with E-state index in [0.29, 0.717) is 13.0 Å². The Kier molecular flexibility index (Phi) is 4.67. The van der Waals surface area contributed by atoms with Crippen molar-refractivity contribution in [2.75, 3.05) is 13.1 Å². The topological polar surface area (TPSA) is 59.5 Å². The maximum atomic E-state index is 12.6. The van der Waals surface area contributed by atoms with Gasteiger partial charge in [0.1, 0.15) is 6.10 Å². The molecule has 1 saturated heterocycles. The first kappa shape index (κ1) is 17.0. The molecular weight excluding hydrogens is 321 g/mol. The average Bonchev–Trinajstić information content (AvgIpc) is 2.87. The summed E-state index contributed by atoms with van der Waals surface area (Å²) < 4.78 is 68.6. The molecular formula is C13H17F3N2O3S. The first-order valence-electron chi connectivity index (χ1n) is 6.79. The van der Waals surface area contributed by atoms with Crippen molar-refractivity contribution in [1.82, 2.24) is 9.29 Å². The molecule has 9 heteroatoms. The molecule has 0 spiro atoms. The van der Waals surface area contributed by atoms with Crippen molar-refractivity contribution >= 4 is 10.0 Å². The van der Waals surface area contributed by atoms with E-state index in [0.717, 1.165) is 18.3 Å². The van der Waals surface area contributed by atoms with E-state index in [1.165, 1.54) is 4.31 Å². The molecule has 22 heavy (non-hydrogen) atoms. The monoisotopic (exact) mass is 338 g/mol. The van der Waals surface area contributed by atoms with Gasteiger partial charge in [0.05, 0.1) is 17.4 Å². The molecule has 0 amide bonds. The lowest BCUT2D eigenvalue weighted by atomic mass is 10.2. The Morgan fingerprint density at radius 1 is 1.41 bits per heavy atom. The summed E-state index contributed by atoms with van der Waals surface area (Å²) >= 11 is 0. The molecule has 0 N–H and O–H groups in total. The normalized spacial score (nSPS) is 20.5. The molecule has 5 nitrogen and oxygen atoms in total. The van der Waals surface area contributed by atoms with Crippen molar-refractivity contribution in [2.45, 2.75) is 37.8 Å². The standard InChI is InChI=1S/C13H17F3N2O3S/c1-9(2)22(19,20)18-6-4-11(8-18)21-12-7-10(3-5-17-12)13(14,15)16/h3,5,7,9,11H,4,6,8H2,1-2H3. The summed E-state index contributed by atoms with van der Waals surface area (Å²) in [5, 5.41) is -0.544. The van der Waals surface area contributed by atoms with Crippen LogP contribution in [0.2, 0.25) is 0 Å². The van der Waals surface area contributed by atoms with Crippen molar-refractivity contribution < 1.29 is 26.3 Å². The molecule has 0 bridgehead atoms. The first-order chi connectivity index (χ1) is 10.1. The maximum absolute atomic E-state index is 12.6. The van der Waals surface area contributed by atoms with Gasteiger partial charge < -0.3 is 4.74 Å². The van der Waals surface area contributed by atoms with Crippen LogP contribution in [0.15, 0.2) is 18.3 Å². The highest BCUT2D eigenvalue weighted by Gasteiger charge is 2.35. The zero-order valence-corrected chi connectivity index (χ0v) is 13.0. The third kappa shape index (κ3) is 3.70. The van der Waals surface area contributed by atoms with Gasteiger partial charge in [-0.3, -0.25) is 0 Å². The van der Waals surface area contributed by atoms with Gasteiger partial charge in [-0.25, -0.2) is 13.4 Å². The van der Waals surface area contributed by atoms with Gasteiger partial charge >= 0.3 is 6.18 Å². The summed E-state index contributed by atoms with van der Waals surface area (Å²) in [4.78, 5) is 3.75. The summed E-state index contributed by atoms with van der Waals surface area (Å²) in [6, 6.07) is 1.68. The summed E-state index contributed by atoms with van der Waals surface area (Å²) in [5.74, 6) is -0.149. The molecule has 1 unspecified atom stereocenters. The Labute approximate surface area is 127 Å². The van der Waals surface area contributed by atoms with E-state index in [2.05, 4.69) is 4.98 Å². The third-order valence-corrected chi connectivity index (χ3v) is 5.66. The predicted octanol–water partition coefficient (Wildman–Crippen LogP) is 2.29. The van der Waals surface area contributed by atoms with E-state index in [4.69, 9.17) is 4.74 Å². The van der Waals surface area contributed by atoms with Crippen LogP contribution in [0.1, 0.15) is 25.8 Å². The molecule has 1 fully saturated rings. The van der Waals surface area contributed by atoms with Gasteiger partial charge in [0.25, 0.3) is 0 Å². The molecule has 1 aliphatic heterocycles. The van der Waals surface area contributed by atoms with Crippen molar-refractivity contribution in [3.63, 3.8) is 0 Å². The van der Waals surface area contributed by atoms with Crippen molar-refractivity contribution in [3.05, 3.63) is 23.9 Å². The quantitative estimate of drug-likeness (QED) is 0.845. The smallest absolute Gasteiger partial charge is 0.416 e. The molecule has 0 aromatic carbocycles. The number of rotatable bonds is 4. The Balaban J connectivity index is 2.05. The van der Waals surface area contributed by atoms with Crippen LogP contribution >= 0.6 is 0 Å². The van der Waals surface area contributed by atoms with Gasteiger partial charge in [-0.1, -0.05) is 0 Å². The number of sulfonamides is 1. The molecule has 1 atom stereocenters. The molecule has 0 radical (unpaired) electrons. The van der Waals surface area contributed by atoms with Crippen LogP contribution in [0.4, 0.5) is 13.2 Å². The Bertz CT molecular complexity index is 632. The molecule has 2 rings (SSSR count). The average molecular weight is 338 g/mol. The largest absolute Gasteiger partial charge is 0.473 e. The number of ether oxygens (including phenoxy) is 1. The van der Waals surface area contributed by atoms with Gasteiger partial charge in [0.15, 0.2) is 0 Å². The van der Waals surface area contributed by atoms with Gasteiger partial charge in [-0.2, -0.15) is 17.5 Å². The number of nitrogens with zero attached hydrogens (tertiary/aromatic N) is 2. The van der Waals surface area contributed by atoms with Gasteiger partial charge in [-0.15, -0.1) is 0 Å². The second-order valence-electron chi connectivity index (χ2n) is 5.36. The fourth-order valence-electron chi connectivity index (χ4n) is 2.14. The minimum absolute atomic E-state index is 0.123. The van der Waals surface area contributed by atoms with E-state index in [1.807, 2.05) is 0 Å². The molecule has 2 heterocycles. The number of pyridine rings is 1. The van der Waals surface area contributed by atoms with E-state index >= 15 is 0 Å². The lowest BCUT2D eigenvalue weighted by molar-refractivity contribution is -0.137. The highest BCUT2D eigenvalue weighted by atomic mass is 32.2. The van der Waals surface area contributed by atoms with Crippen molar-refractivity contribution in [1.29, 1.82) is 0 Å². The second-order valence-corrected chi connectivity index (χ2v) is 7.85. The maximum Gasteiger partial charge on any atom is 0.416 e. The van der Waals surface area contributed by atoms with Crippen LogP contribution in [-0.2, 0) is 16.2 Å². The zero-order valence-electron chi connectivity index (χ0n) is 12.2. The van der Waals surface area contributed by atoms with E-state index in [1.54, 1.807) is 13.8 Å². The minimum Gasteiger partial charge on any atom is -0.473 e. The first-order valence-corrected chi connectivity index (χ1v) is 8.30. The molecule has 1 aromatic heterocycles. The fourth-order valence-corrected chi connectivity index (χ4v) is 3.47. The Morgan fingerprint density at radius 2 is 2.09 bits per heavy atom. The lowest BCUT2D eigenvalue weighted by Gasteiger charge is -2.19. The fraction of sp³-hybridized carbons (Fsp3) is 0.615. The number of halogens is 3. The molecule has 0 saturated carbocycles. The van der Waals surface area contributed by atoms with Crippen LogP contribution in [0.25, 0.3) is 0 Å². The van der Waals surface area contributed by atoms with Crippen molar-refractivity contribution in [3.8, 4) is 5.88 Å². The summed E-state index contributed by atoms with van der Waals surface area (Å²) in [7, 11) is -3.38. The predicted molar refractivity (Wildman–Crippen MR) is 73.9 cm³/mol. The number of hydrogen-bond donors (Lipinski definition) is 0. The summed E-state index contributed by atoms with van der Waals surface area (Å²) in [6.45, 7) is 3.58. The highest BCUT2D eigenvalue weighted by Crippen LogP contribution is 2.31. The minimum atomic E-state index is -4.47. The number of alkyl halides is 3. The molecule has 1 aromatic rings. The third-order valence-electron chi connectivity index (χ3n) is 3.41. The van der Waals surface area contributed by atoms with E-state index < -0.39 is 33.1 Å². The summed E-state index contributed by atoms with van der Waals surface area (Å²) in [5.41, 5.74) is -0.845. The molecule has 1 aliphatic rings. The Hall–Kier alpha value is -1.35. The van der Waals surface area contributed by atoms with Gasteiger partial charge in [0, 0.05) is 18.8 Å². The number of hydrogen-bond acceptors (Lipinski definition) is 4. The number of aromatic nitrogens is 1. The SMILES string of the molecule is CC(C)S(=O)(=O)N1CCC(Oc2cc(C(F)(F)F)ccn2)C1. The Morgan fingerprint density at radius 3 is 2.68 bits per heavy atom. The second kappa shape index (κ2) is 6.04. The zero-order chi connectivity index (χ0) is 16.5. The molecule has 0 aliphatic carbocycles. The van der Waals surface area contributed by atoms with E-state index in [9.17, 15) is 21.6 Å². The van der Waals surface area contributed by atoms with Crippen molar-refractivity contribution in [2.24, 2.45) is 0 Å². The van der Waals surface area contributed by atoms with Crippen LogP contribution in [0, 0.1) is 0 Å².